The summed E-state index contributed by atoms with van der Waals surface area (Å²) in [5.74, 6) is -0.421. The van der Waals surface area contributed by atoms with Crippen LogP contribution < -0.4 is 5.32 Å². The molecule has 0 bridgehead atoms. The third kappa shape index (κ3) is 3.88. The van der Waals surface area contributed by atoms with E-state index in [0.717, 1.165) is 22.5 Å². The van der Waals surface area contributed by atoms with E-state index in [0.29, 0.717) is 0 Å². The Labute approximate surface area is 151 Å². The fourth-order valence-electron chi connectivity index (χ4n) is 2.48. The van der Waals surface area contributed by atoms with Crippen LogP contribution in [0.1, 0.15) is 42.5 Å². The van der Waals surface area contributed by atoms with Crippen molar-refractivity contribution in [2.45, 2.75) is 53.0 Å². The zero-order valence-electron chi connectivity index (χ0n) is 14.3. The van der Waals surface area contributed by atoms with Crippen molar-refractivity contribution in [2.75, 3.05) is 0 Å². The number of carbonyl (C=O) groups is 1. The fraction of sp³-hybridized carbons (Fsp3) is 0.533. The second-order valence-electron chi connectivity index (χ2n) is 5.66. The van der Waals surface area contributed by atoms with Crippen molar-refractivity contribution in [2.24, 2.45) is 0 Å². The summed E-state index contributed by atoms with van der Waals surface area (Å²) in [4.78, 5) is 12.3. The predicted molar refractivity (Wildman–Crippen MR) is 88.9 cm³/mol. The molecule has 0 spiro atoms. The van der Waals surface area contributed by atoms with Crippen LogP contribution in [0.25, 0.3) is 0 Å². The first-order valence-electron chi connectivity index (χ1n) is 7.68. The third-order valence-electron chi connectivity index (χ3n) is 4.05. The summed E-state index contributed by atoms with van der Waals surface area (Å²) >= 11 is 2.90. The first kappa shape index (κ1) is 19.5. The lowest BCUT2D eigenvalue weighted by Gasteiger charge is -2.14. The Morgan fingerprint density at radius 2 is 2.00 bits per heavy atom. The molecular formula is C15H19BrF3N5O. The molecule has 1 unspecified atom stereocenters. The standard InChI is InChI=1S/C15H19BrF3N5O/c1-5-23-8(2)11(7-21-23)6-20-14(25)10(4)24-9(3)12(16)13(22-24)15(17,18)19/h7,10H,5-6H2,1-4H3,(H,20,25). The van der Waals surface area contributed by atoms with Gasteiger partial charge in [0.05, 0.1) is 16.4 Å². The van der Waals surface area contributed by atoms with Gasteiger partial charge in [-0.15, -0.1) is 0 Å². The monoisotopic (exact) mass is 421 g/mol. The zero-order valence-corrected chi connectivity index (χ0v) is 15.9. The molecule has 0 aliphatic heterocycles. The molecule has 1 N–H and O–H groups in total. The Hall–Kier alpha value is -1.84. The molecule has 0 aliphatic rings. The van der Waals surface area contributed by atoms with E-state index in [2.05, 4.69) is 31.4 Å². The van der Waals surface area contributed by atoms with Crippen LogP contribution in [0.3, 0.4) is 0 Å². The van der Waals surface area contributed by atoms with E-state index in [-0.39, 0.29) is 16.7 Å². The van der Waals surface area contributed by atoms with Gasteiger partial charge < -0.3 is 5.32 Å². The molecule has 0 fully saturated rings. The number of rotatable bonds is 5. The van der Waals surface area contributed by atoms with Gasteiger partial charge in [-0.2, -0.15) is 23.4 Å². The van der Waals surface area contributed by atoms with Crippen molar-refractivity contribution in [3.8, 4) is 0 Å². The minimum Gasteiger partial charge on any atom is -0.350 e. The summed E-state index contributed by atoms with van der Waals surface area (Å²) in [6.07, 6.45) is -2.92. The normalized spacial score (nSPS) is 13.1. The number of hydrogen-bond acceptors (Lipinski definition) is 3. The van der Waals surface area contributed by atoms with Gasteiger partial charge in [-0.25, -0.2) is 0 Å². The number of halogens is 4. The number of aromatic nitrogens is 4. The topological polar surface area (TPSA) is 64.7 Å². The molecule has 25 heavy (non-hydrogen) atoms. The van der Waals surface area contributed by atoms with Crippen LogP contribution in [-0.4, -0.2) is 25.5 Å². The van der Waals surface area contributed by atoms with Crippen molar-refractivity contribution in [3.63, 3.8) is 0 Å². The summed E-state index contributed by atoms with van der Waals surface area (Å²) in [6, 6.07) is -0.881. The van der Waals surface area contributed by atoms with Crippen LogP contribution in [0, 0.1) is 13.8 Å². The summed E-state index contributed by atoms with van der Waals surface area (Å²) in [5, 5.41) is 10.5. The molecule has 6 nitrogen and oxygen atoms in total. The van der Waals surface area contributed by atoms with E-state index in [1.807, 2.05) is 13.8 Å². The Balaban J connectivity index is 2.13. The highest BCUT2D eigenvalue weighted by molar-refractivity contribution is 9.10. The molecule has 10 heteroatoms. The van der Waals surface area contributed by atoms with Crippen LogP contribution in [0.5, 0.6) is 0 Å². The SMILES string of the molecule is CCn1ncc(CNC(=O)C(C)n2nc(C(F)(F)F)c(Br)c2C)c1C. The highest BCUT2D eigenvalue weighted by Crippen LogP contribution is 2.36. The van der Waals surface area contributed by atoms with Crippen LogP contribution in [-0.2, 0) is 24.1 Å². The molecule has 0 aliphatic carbocycles. The molecule has 2 rings (SSSR count). The van der Waals surface area contributed by atoms with Gasteiger partial charge in [0.1, 0.15) is 6.04 Å². The molecule has 2 aromatic rings. The molecule has 2 aromatic heterocycles. The quantitative estimate of drug-likeness (QED) is 0.804. The molecule has 2 heterocycles. The Morgan fingerprint density at radius 1 is 1.36 bits per heavy atom. The maximum atomic E-state index is 12.9. The number of nitrogens with one attached hydrogen (secondary N) is 1. The van der Waals surface area contributed by atoms with E-state index >= 15 is 0 Å². The van der Waals surface area contributed by atoms with Gasteiger partial charge in [0.2, 0.25) is 5.91 Å². The lowest BCUT2D eigenvalue weighted by molar-refractivity contribution is -0.142. The Kier molecular flexibility index (Phi) is 5.60. The summed E-state index contributed by atoms with van der Waals surface area (Å²) in [7, 11) is 0. The Bertz CT molecular complexity index is 781. The smallest absolute Gasteiger partial charge is 0.350 e. The minimum absolute atomic E-state index is 0.153. The Morgan fingerprint density at radius 3 is 2.48 bits per heavy atom. The number of carbonyl (C=O) groups excluding carboxylic acids is 1. The minimum atomic E-state index is -4.59. The summed E-state index contributed by atoms with van der Waals surface area (Å²) < 4.78 is 41.5. The largest absolute Gasteiger partial charge is 0.436 e. The second kappa shape index (κ2) is 7.19. The fourth-order valence-corrected chi connectivity index (χ4v) is 2.96. The van der Waals surface area contributed by atoms with Crippen molar-refractivity contribution >= 4 is 21.8 Å². The second-order valence-corrected chi connectivity index (χ2v) is 6.45. The molecule has 1 atom stereocenters. The van der Waals surface area contributed by atoms with Crippen LogP contribution in [0.4, 0.5) is 13.2 Å². The maximum Gasteiger partial charge on any atom is 0.436 e. The third-order valence-corrected chi connectivity index (χ3v) is 5.00. The molecule has 138 valence electrons. The van der Waals surface area contributed by atoms with E-state index in [4.69, 9.17) is 0 Å². The number of amides is 1. The van der Waals surface area contributed by atoms with Crippen LogP contribution in [0.2, 0.25) is 0 Å². The summed E-state index contributed by atoms with van der Waals surface area (Å²) in [6.45, 7) is 7.81. The highest BCUT2D eigenvalue weighted by atomic mass is 79.9. The average Bonchev–Trinajstić information content (AvgIpc) is 3.04. The van der Waals surface area contributed by atoms with Gasteiger partial charge in [0.25, 0.3) is 0 Å². The van der Waals surface area contributed by atoms with Gasteiger partial charge in [0, 0.05) is 24.3 Å². The van der Waals surface area contributed by atoms with Gasteiger partial charge in [-0.1, -0.05) is 0 Å². The van der Waals surface area contributed by atoms with Gasteiger partial charge in [-0.3, -0.25) is 14.2 Å². The molecule has 0 saturated heterocycles. The lowest BCUT2D eigenvalue weighted by atomic mass is 10.2. The maximum absolute atomic E-state index is 12.9. The lowest BCUT2D eigenvalue weighted by Crippen LogP contribution is -2.31. The number of aryl methyl sites for hydroxylation is 1. The van der Waals surface area contributed by atoms with Crippen molar-refractivity contribution in [1.82, 2.24) is 24.9 Å². The molecule has 0 radical (unpaired) electrons. The number of hydrogen-bond donors (Lipinski definition) is 1. The highest BCUT2D eigenvalue weighted by Gasteiger charge is 2.38. The predicted octanol–water partition coefficient (Wildman–Crippen LogP) is 3.38. The number of alkyl halides is 3. The van der Waals surface area contributed by atoms with E-state index in [1.54, 1.807) is 10.9 Å². The molecule has 1 amide bonds. The molecule has 0 aromatic carbocycles. The van der Waals surface area contributed by atoms with E-state index in [9.17, 15) is 18.0 Å². The zero-order chi connectivity index (χ0) is 18.9. The van der Waals surface area contributed by atoms with Crippen LogP contribution in [0.15, 0.2) is 10.7 Å². The first-order valence-corrected chi connectivity index (χ1v) is 8.48. The van der Waals surface area contributed by atoms with Crippen molar-refractivity contribution < 1.29 is 18.0 Å². The average molecular weight is 422 g/mol. The first-order chi connectivity index (χ1) is 11.6. The van der Waals surface area contributed by atoms with Gasteiger partial charge in [0.15, 0.2) is 5.69 Å². The summed E-state index contributed by atoms with van der Waals surface area (Å²) in [5.41, 5.74) is 0.999. The van der Waals surface area contributed by atoms with Crippen molar-refractivity contribution in [1.29, 1.82) is 0 Å². The van der Waals surface area contributed by atoms with Crippen LogP contribution >= 0.6 is 15.9 Å². The van der Waals surface area contributed by atoms with E-state index < -0.39 is 23.8 Å². The van der Waals surface area contributed by atoms with Gasteiger partial charge in [-0.05, 0) is 43.6 Å². The molecule has 0 saturated carbocycles. The molecular weight excluding hydrogens is 403 g/mol. The number of nitrogens with zero attached hydrogens (tertiary/aromatic N) is 4. The van der Waals surface area contributed by atoms with Gasteiger partial charge >= 0.3 is 6.18 Å². The van der Waals surface area contributed by atoms with Crippen molar-refractivity contribution in [3.05, 3.63) is 33.3 Å². The van der Waals surface area contributed by atoms with E-state index in [1.165, 1.54) is 13.8 Å².